The Balaban J connectivity index is 2.54. The number of methoxy groups -OCH3 is 1. The molecule has 0 aliphatic heterocycles. The summed E-state index contributed by atoms with van der Waals surface area (Å²) in [4.78, 5) is 24.0. The maximum atomic E-state index is 12.0. The first-order valence-electron chi connectivity index (χ1n) is 6.14. The molecule has 1 fully saturated rings. The topological polar surface area (TPSA) is 78.9 Å². The SMILES string of the molecule is COCCN(CC(=O)O)C(=O)NC(C)(C)C1CC1. The number of carboxylic acid groups (broad SMARTS) is 1. The van der Waals surface area contributed by atoms with Crippen LogP contribution in [0.25, 0.3) is 0 Å². The number of nitrogens with zero attached hydrogens (tertiary/aromatic N) is 1. The minimum Gasteiger partial charge on any atom is -0.480 e. The van der Waals surface area contributed by atoms with Crippen LogP contribution in [-0.2, 0) is 9.53 Å². The Labute approximate surface area is 107 Å². The summed E-state index contributed by atoms with van der Waals surface area (Å²) < 4.78 is 4.88. The highest BCUT2D eigenvalue weighted by molar-refractivity contribution is 5.80. The fraction of sp³-hybridized carbons (Fsp3) is 0.833. The number of ether oxygens (including phenoxy) is 1. The van der Waals surface area contributed by atoms with E-state index in [-0.39, 0.29) is 24.7 Å². The Morgan fingerprint density at radius 1 is 1.44 bits per heavy atom. The van der Waals surface area contributed by atoms with Crippen LogP contribution in [0.4, 0.5) is 4.79 Å². The number of nitrogens with one attached hydrogen (secondary N) is 1. The lowest BCUT2D eigenvalue weighted by molar-refractivity contribution is -0.137. The molecule has 1 aliphatic rings. The number of rotatable bonds is 7. The standard InChI is InChI=1S/C12H22N2O4/c1-12(2,9-4-5-9)13-11(17)14(6-7-18-3)8-10(15)16/h9H,4-8H2,1-3H3,(H,13,17)(H,15,16). The molecule has 1 aliphatic carbocycles. The van der Waals surface area contributed by atoms with Gasteiger partial charge in [-0.3, -0.25) is 4.79 Å². The van der Waals surface area contributed by atoms with Gasteiger partial charge in [0.25, 0.3) is 0 Å². The van der Waals surface area contributed by atoms with Gasteiger partial charge >= 0.3 is 12.0 Å². The molecule has 0 unspecified atom stereocenters. The third-order valence-electron chi connectivity index (χ3n) is 3.21. The predicted molar refractivity (Wildman–Crippen MR) is 66.4 cm³/mol. The number of carbonyl (C=O) groups is 2. The summed E-state index contributed by atoms with van der Waals surface area (Å²) in [7, 11) is 1.52. The maximum absolute atomic E-state index is 12.0. The number of aliphatic carboxylic acids is 1. The van der Waals surface area contributed by atoms with E-state index in [1.807, 2.05) is 13.8 Å². The van der Waals surface area contributed by atoms with Crippen LogP contribution in [-0.4, -0.2) is 54.4 Å². The maximum Gasteiger partial charge on any atom is 0.323 e. The van der Waals surface area contributed by atoms with Gasteiger partial charge in [0.2, 0.25) is 0 Å². The van der Waals surface area contributed by atoms with Gasteiger partial charge in [-0.05, 0) is 32.6 Å². The van der Waals surface area contributed by atoms with E-state index >= 15 is 0 Å². The van der Waals surface area contributed by atoms with E-state index in [9.17, 15) is 9.59 Å². The average molecular weight is 258 g/mol. The Bertz CT molecular complexity index is 313. The molecule has 0 radical (unpaired) electrons. The molecular formula is C12H22N2O4. The fourth-order valence-corrected chi connectivity index (χ4v) is 1.88. The van der Waals surface area contributed by atoms with Gasteiger partial charge < -0.3 is 20.1 Å². The minimum absolute atomic E-state index is 0.273. The van der Waals surface area contributed by atoms with Crippen LogP contribution in [0.2, 0.25) is 0 Å². The molecule has 6 nitrogen and oxygen atoms in total. The first-order valence-corrected chi connectivity index (χ1v) is 6.14. The molecule has 1 saturated carbocycles. The summed E-state index contributed by atoms with van der Waals surface area (Å²) in [6.45, 7) is 4.23. The third-order valence-corrected chi connectivity index (χ3v) is 3.21. The molecule has 2 amide bonds. The molecule has 0 saturated heterocycles. The van der Waals surface area contributed by atoms with Crippen molar-refractivity contribution in [3.63, 3.8) is 0 Å². The first-order chi connectivity index (χ1) is 8.36. The van der Waals surface area contributed by atoms with Crippen LogP contribution in [0.15, 0.2) is 0 Å². The van der Waals surface area contributed by atoms with Crippen molar-refractivity contribution in [1.29, 1.82) is 0 Å². The molecule has 0 atom stereocenters. The first kappa shape index (κ1) is 14.8. The van der Waals surface area contributed by atoms with Crippen molar-refractivity contribution in [2.45, 2.75) is 32.2 Å². The number of amides is 2. The fourth-order valence-electron chi connectivity index (χ4n) is 1.88. The van der Waals surface area contributed by atoms with Crippen LogP contribution in [0, 0.1) is 5.92 Å². The number of urea groups is 1. The van der Waals surface area contributed by atoms with Crippen molar-refractivity contribution >= 4 is 12.0 Å². The zero-order valence-corrected chi connectivity index (χ0v) is 11.2. The van der Waals surface area contributed by atoms with Crippen molar-refractivity contribution < 1.29 is 19.4 Å². The molecule has 0 heterocycles. The molecule has 2 N–H and O–H groups in total. The van der Waals surface area contributed by atoms with Crippen molar-refractivity contribution in [3.05, 3.63) is 0 Å². The van der Waals surface area contributed by atoms with Crippen molar-refractivity contribution in [2.24, 2.45) is 5.92 Å². The molecular weight excluding hydrogens is 236 g/mol. The highest BCUT2D eigenvalue weighted by Crippen LogP contribution is 2.39. The molecule has 0 aromatic carbocycles. The summed E-state index contributed by atoms with van der Waals surface area (Å²) in [5.41, 5.74) is -0.277. The second kappa shape index (κ2) is 6.04. The van der Waals surface area contributed by atoms with Crippen LogP contribution < -0.4 is 5.32 Å². The number of hydrogen-bond acceptors (Lipinski definition) is 3. The van der Waals surface area contributed by atoms with Crippen molar-refractivity contribution in [3.8, 4) is 0 Å². The lowest BCUT2D eigenvalue weighted by atomic mass is 9.99. The van der Waals surface area contributed by atoms with E-state index in [4.69, 9.17) is 9.84 Å². The highest BCUT2D eigenvalue weighted by atomic mass is 16.5. The van der Waals surface area contributed by atoms with Crippen molar-refractivity contribution in [1.82, 2.24) is 10.2 Å². The Morgan fingerprint density at radius 2 is 2.06 bits per heavy atom. The summed E-state index contributed by atoms with van der Waals surface area (Å²) in [5, 5.41) is 11.7. The second-order valence-electron chi connectivity index (χ2n) is 5.23. The van der Waals surface area contributed by atoms with E-state index in [0.29, 0.717) is 12.5 Å². The summed E-state index contributed by atoms with van der Waals surface area (Å²) in [5.74, 6) is -0.527. The lowest BCUT2D eigenvalue weighted by Gasteiger charge is -2.30. The normalized spacial score (nSPS) is 15.3. The molecule has 0 aromatic heterocycles. The van der Waals surface area contributed by atoms with Gasteiger partial charge in [0.1, 0.15) is 6.54 Å². The lowest BCUT2D eigenvalue weighted by Crippen LogP contribution is -2.53. The largest absolute Gasteiger partial charge is 0.480 e. The van der Waals surface area contributed by atoms with Gasteiger partial charge in [-0.1, -0.05) is 0 Å². The Kier molecular flexibility index (Phi) is 4.95. The van der Waals surface area contributed by atoms with E-state index in [1.54, 1.807) is 0 Å². The van der Waals surface area contributed by atoms with Gasteiger partial charge in [0, 0.05) is 19.2 Å². The van der Waals surface area contributed by atoms with Crippen LogP contribution in [0.5, 0.6) is 0 Å². The zero-order valence-electron chi connectivity index (χ0n) is 11.2. The smallest absolute Gasteiger partial charge is 0.323 e. The predicted octanol–water partition coefficient (Wildman–Crippen LogP) is 0.918. The zero-order chi connectivity index (χ0) is 13.8. The highest BCUT2D eigenvalue weighted by Gasteiger charge is 2.39. The van der Waals surface area contributed by atoms with Crippen molar-refractivity contribution in [2.75, 3.05) is 26.8 Å². The average Bonchev–Trinajstić information content (AvgIpc) is 3.06. The Hall–Kier alpha value is -1.30. The molecule has 0 aromatic rings. The molecule has 6 heteroatoms. The summed E-state index contributed by atoms with van der Waals surface area (Å²) in [6, 6.07) is -0.341. The number of carboxylic acids is 1. The second-order valence-corrected chi connectivity index (χ2v) is 5.23. The summed E-state index contributed by atoms with van der Waals surface area (Å²) >= 11 is 0. The van der Waals surface area contributed by atoms with Gasteiger partial charge in [-0.25, -0.2) is 4.79 Å². The van der Waals surface area contributed by atoms with E-state index in [0.717, 1.165) is 12.8 Å². The molecule has 18 heavy (non-hydrogen) atoms. The molecule has 0 bridgehead atoms. The molecule has 1 rings (SSSR count). The van der Waals surface area contributed by atoms with Gasteiger partial charge in [-0.15, -0.1) is 0 Å². The van der Waals surface area contributed by atoms with Crippen LogP contribution >= 0.6 is 0 Å². The number of carbonyl (C=O) groups excluding carboxylic acids is 1. The van der Waals surface area contributed by atoms with Crippen LogP contribution in [0.1, 0.15) is 26.7 Å². The van der Waals surface area contributed by atoms with Crippen LogP contribution in [0.3, 0.4) is 0 Å². The van der Waals surface area contributed by atoms with Gasteiger partial charge in [0.05, 0.1) is 6.61 Å². The van der Waals surface area contributed by atoms with E-state index in [1.165, 1.54) is 12.0 Å². The van der Waals surface area contributed by atoms with E-state index < -0.39 is 5.97 Å². The quantitative estimate of drug-likeness (QED) is 0.711. The Morgan fingerprint density at radius 3 is 2.50 bits per heavy atom. The molecule has 104 valence electrons. The van der Waals surface area contributed by atoms with E-state index in [2.05, 4.69) is 5.32 Å². The third kappa shape index (κ3) is 4.52. The van der Waals surface area contributed by atoms with Gasteiger partial charge in [-0.2, -0.15) is 0 Å². The monoisotopic (exact) mass is 258 g/mol. The minimum atomic E-state index is -1.02. The van der Waals surface area contributed by atoms with Gasteiger partial charge in [0.15, 0.2) is 0 Å². The summed E-state index contributed by atoms with van der Waals surface area (Å²) in [6.07, 6.45) is 2.23. The number of hydrogen-bond donors (Lipinski definition) is 2. The molecule has 0 spiro atoms.